The van der Waals surface area contributed by atoms with Crippen molar-refractivity contribution in [3.8, 4) is 11.1 Å². The molecular weight excluding hydrogens is 504 g/mol. The Morgan fingerprint density at radius 2 is 1.55 bits per heavy atom. The van der Waals surface area contributed by atoms with E-state index in [0.717, 1.165) is 28.7 Å². The number of hydrogen-bond acceptors (Lipinski definition) is 4. The van der Waals surface area contributed by atoms with Gasteiger partial charge in [0.15, 0.2) is 0 Å². The lowest BCUT2D eigenvalue weighted by Gasteiger charge is -2.26. The Kier molecular flexibility index (Phi) is 11.5. The van der Waals surface area contributed by atoms with Crippen molar-refractivity contribution >= 4 is 23.5 Å². The molecule has 0 radical (unpaired) electrons. The molecule has 1 unspecified atom stereocenters. The highest BCUT2D eigenvalue weighted by molar-refractivity contribution is 5.91. The van der Waals surface area contributed by atoms with Crippen molar-refractivity contribution in [2.24, 2.45) is 11.3 Å². The highest BCUT2D eigenvalue weighted by Crippen LogP contribution is 2.23. The topological polar surface area (TPSA) is 116 Å². The molecular formula is C33H40N2O5. The Hall–Kier alpha value is -3.97. The molecule has 4 N–H and O–H groups in total. The number of benzene rings is 3. The average Bonchev–Trinajstić information content (AvgIpc) is 2.92. The first kappa shape index (κ1) is 30.6. The molecule has 7 nitrogen and oxygen atoms in total. The highest BCUT2D eigenvalue weighted by Gasteiger charge is 2.26. The van der Waals surface area contributed by atoms with Crippen LogP contribution in [0.4, 0.5) is 5.69 Å². The summed E-state index contributed by atoms with van der Waals surface area (Å²) in [6.07, 6.45) is 2.37. The van der Waals surface area contributed by atoms with Crippen LogP contribution in [0.5, 0.6) is 0 Å². The summed E-state index contributed by atoms with van der Waals surface area (Å²) in [5.41, 5.74) is 4.49. The molecule has 0 aliphatic rings. The van der Waals surface area contributed by atoms with Gasteiger partial charge in [-0.25, -0.2) is 0 Å². The molecule has 0 saturated heterocycles. The van der Waals surface area contributed by atoms with Gasteiger partial charge in [0.25, 0.3) is 0 Å². The van der Waals surface area contributed by atoms with Gasteiger partial charge in [0.2, 0.25) is 11.8 Å². The maximum absolute atomic E-state index is 12.9. The molecule has 40 heavy (non-hydrogen) atoms. The molecule has 0 aliphatic carbocycles. The number of carbonyl (C=O) groups excluding carboxylic acids is 2. The number of aliphatic hydroxyl groups is 1. The van der Waals surface area contributed by atoms with E-state index in [2.05, 4.69) is 47.0 Å². The van der Waals surface area contributed by atoms with Crippen LogP contribution in [0.15, 0.2) is 78.9 Å². The van der Waals surface area contributed by atoms with Gasteiger partial charge in [-0.2, -0.15) is 0 Å². The third-order valence-electron chi connectivity index (χ3n) is 6.86. The molecule has 0 saturated carbocycles. The first-order valence-electron chi connectivity index (χ1n) is 13.8. The van der Waals surface area contributed by atoms with Crippen LogP contribution in [0.1, 0.15) is 50.7 Å². The SMILES string of the molecule is CC(C)(CNC(=O)C(CCCc1ccc(-c2ccccc2)cc1)CC(=O)O)CC(=O)Nc1cccc(CCO)c1. The number of carboxylic acids is 1. The number of amides is 2. The average molecular weight is 545 g/mol. The summed E-state index contributed by atoms with van der Waals surface area (Å²) in [7, 11) is 0. The molecule has 2 amide bonds. The lowest BCUT2D eigenvalue weighted by Crippen LogP contribution is -2.39. The molecule has 0 aromatic heterocycles. The number of anilines is 1. The number of aryl methyl sites for hydroxylation is 1. The van der Waals surface area contributed by atoms with Gasteiger partial charge in [-0.3, -0.25) is 14.4 Å². The minimum atomic E-state index is -1.01. The largest absolute Gasteiger partial charge is 0.481 e. The quantitative estimate of drug-likeness (QED) is 0.202. The molecule has 212 valence electrons. The van der Waals surface area contributed by atoms with Crippen LogP contribution >= 0.6 is 0 Å². The highest BCUT2D eigenvalue weighted by atomic mass is 16.4. The second-order valence-corrected chi connectivity index (χ2v) is 11.0. The Morgan fingerprint density at radius 3 is 2.23 bits per heavy atom. The van der Waals surface area contributed by atoms with Crippen molar-refractivity contribution in [1.29, 1.82) is 0 Å². The number of nitrogens with one attached hydrogen (secondary N) is 2. The zero-order valence-corrected chi connectivity index (χ0v) is 23.4. The molecule has 0 aliphatic heterocycles. The molecule has 3 aromatic carbocycles. The molecule has 0 fully saturated rings. The number of aliphatic hydroxyl groups excluding tert-OH is 1. The van der Waals surface area contributed by atoms with E-state index in [1.54, 1.807) is 6.07 Å². The molecule has 1 atom stereocenters. The fourth-order valence-electron chi connectivity index (χ4n) is 4.69. The van der Waals surface area contributed by atoms with Crippen molar-refractivity contribution in [2.75, 3.05) is 18.5 Å². The number of carboxylic acid groups (broad SMARTS) is 1. The van der Waals surface area contributed by atoms with Crippen LogP contribution in [-0.2, 0) is 27.2 Å². The lowest BCUT2D eigenvalue weighted by molar-refractivity contribution is -0.141. The third kappa shape index (κ3) is 10.3. The standard InChI is InChI=1S/C33H40N2O5/c1-33(2,22-30(37)35-29-13-7-9-25(20-29)18-19-36)23-34-32(40)28(21-31(38)39)12-6-8-24-14-16-27(17-15-24)26-10-4-3-5-11-26/h3-5,7,9-11,13-17,20,28,36H,6,8,12,18-19,21-23H2,1-2H3,(H,34,40)(H,35,37)(H,38,39). The maximum Gasteiger partial charge on any atom is 0.304 e. The van der Waals surface area contributed by atoms with E-state index in [1.165, 1.54) is 0 Å². The van der Waals surface area contributed by atoms with Crippen molar-refractivity contribution < 1.29 is 24.6 Å². The van der Waals surface area contributed by atoms with Gasteiger partial charge < -0.3 is 20.8 Å². The molecule has 7 heteroatoms. The monoisotopic (exact) mass is 544 g/mol. The van der Waals surface area contributed by atoms with Crippen LogP contribution < -0.4 is 10.6 Å². The summed E-state index contributed by atoms with van der Waals surface area (Å²) in [5, 5.41) is 24.3. The summed E-state index contributed by atoms with van der Waals surface area (Å²) in [6, 6.07) is 25.8. The number of carbonyl (C=O) groups is 3. The zero-order chi connectivity index (χ0) is 29.0. The van der Waals surface area contributed by atoms with Crippen LogP contribution in [0, 0.1) is 11.3 Å². The Bertz CT molecular complexity index is 1260. The summed E-state index contributed by atoms with van der Waals surface area (Å²) in [5.74, 6) is -2.12. The number of hydrogen-bond donors (Lipinski definition) is 4. The number of rotatable bonds is 15. The molecule has 0 bridgehead atoms. The number of aliphatic carboxylic acids is 1. The summed E-state index contributed by atoms with van der Waals surface area (Å²) >= 11 is 0. The van der Waals surface area contributed by atoms with Crippen molar-refractivity contribution in [3.05, 3.63) is 90.0 Å². The Balaban J connectivity index is 1.48. The van der Waals surface area contributed by atoms with Crippen molar-refractivity contribution in [1.82, 2.24) is 5.32 Å². The molecule has 3 rings (SSSR count). The Morgan fingerprint density at radius 1 is 0.850 bits per heavy atom. The van der Waals surface area contributed by atoms with Gasteiger partial charge in [-0.15, -0.1) is 0 Å². The minimum absolute atomic E-state index is 0.0366. The fourth-order valence-corrected chi connectivity index (χ4v) is 4.69. The van der Waals surface area contributed by atoms with Crippen LogP contribution in [0.3, 0.4) is 0 Å². The predicted octanol–water partition coefficient (Wildman–Crippen LogP) is 5.47. The second-order valence-electron chi connectivity index (χ2n) is 11.0. The summed E-state index contributed by atoms with van der Waals surface area (Å²) in [6.45, 7) is 4.07. The van der Waals surface area contributed by atoms with Crippen molar-refractivity contribution in [3.63, 3.8) is 0 Å². The van der Waals surface area contributed by atoms with Gasteiger partial charge >= 0.3 is 5.97 Å². The fraction of sp³-hybridized carbons (Fsp3) is 0.364. The summed E-state index contributed by atoms with van der Waals surface area (Å²) in [4.78, 5) is 37.1. The smallest absolute Gasteiger partial charge is 0.304 e. The van der Waals surface area contributed by atoms with Crippen LogP contribution in [0.25, 0.3) is 11.1 Å². The van der Waals surface area contributed by atoms with Gasteiger partial charge in [-0.1, -0.05) is 80.6 Å². The van der Waals surface area contributed by atoms with Crippen LogP contribution in [-0.4, -0.2) is 41.1 Å². The van der Waals surface area contributed by atoms with Gasteiger partial charge in [0.1, 0.15) is 0 Å². The van der Waals surface area contributed by atoms with E-state index in [0.29, 0.717) is 24.9 Å². The third-order valence-corrected chi connectivity index (χ3v) is 6.86. The first-order chi connectivity index (χ1) is 19.1. The van der Waals surface area contributed by atoms with E-state index in [4.69, 9.17) is 5.11 Å². The maximum atomic E-state index is 12.9. The Labute approximate surface area is 236 Å². The lowest BCUT2D eigenvalue weighted by atomic mass is 9.88. The zero-order valence-electron chi connectivity index (χ0n) is 23.4. The van der Waals surface area contributed by atoms with E-state index < -0.39 is 17.3 Å². The van der Waals surface area contributed by atoms with Gasteiger partial charge in [0.05, 0.1) is 6.42 Å². The van der Waals surface area contributed by atoms with E-state index in [9.17, 15) is 19.5 Å². The first-order valence-corrected chi connectivity index (χ1v) is 13.8. The van der Waals surface area contributed by atoms with Crippen LogP contribution in [0.2, 0.25) is 0 Å². The molecule has 0 heterocycles. The van der Waals surface area contributed by atoms with Gasteiger partial charge in [-0.05, 0) is 65.5 Å². The molecule has 3 aromatic rings. The predicted molar refractivity (Wildman–Crippen MR) is 158 cm³/mol. The van der Waals surface area contributed by atoms with E-state index in [-0.39, 0.29) is 37.8 Å². The van der Waals surface area contributed by atoms with E-state index >= 15 is 0 Å². The minimum Gasteiger partial charge on any atom is -0.481 e. The second kappa shape index (κ2) is 15.0. The molecule has 0 spiro atoms. The normalized spacial score (nSPS) is 12.0. The van der Waals surface area contributed by atoms with E-state index in [1.807, 2.05) is 50.2 Å². The van der Waals surface area contributed by atoms with Gasteiger partial charge in [0, 0.05) is 31.2 Å². The summed E-state index contributed by atoms with van der Waals surface area (Å²) < 4.78 is 0. The van der Waals surface area contributed by atoms with Crippen molar-refractivity contribution in [2.45, 2.75) is 52.4 Å².